The number of hydrogen-bond donors (Lipinski definition) is 1. The first-order chi connectivity index (χ1) is 7.20. The van der Waals surface area contributed by atoms with E-state index in [2.05, 4.69) is 17.2 Å². The summed E-state index contributed by atoms with van der Waals surface area (Å²) in [7, 11) is 0. The molecule has 1 atom stereocenters. The highest BCUT2D eigenvalue weighted by molar-refractivity contribution is 5.07. The van der Waals surface area contributed by atoms with Gasteiger partial charge in [0.15, 0.2) is 0 Å². The molecular formula is C12H20N2O. The van der Waals surface area contributed by atoms with Crippen LogP contribution in [0.5, 0.6) is 0 Å². The van der Waals surface area contributed by atoms with Crippen LogP contribution in [0.1, 0.15) is 32.5 Å². The standard InChI is InChI=1S/C12H20N2O/c1-10(2)15-9-8-13-11(3)12-6-4-5-7-14-12/h4-7,10-11,13H,8-9H2,1-3H3/t11-/m0/s1. The summed E-state index contributed by atoms with van der Waals surface area (Å²) in [5.74, 6) is 0. The normalized spacial score (nSPS) is 13.1. The van der Waals surface area contributed by atoms with Gasteiger partial charge in [-0.15, -0.1) is 0 Å². The average Bonchev–Trinajstić information content (AvgIpc) is 2.25. The van der Waals surface area contributed by atoms with Gasteiger partial charge in [0, 0.05) is 18.8 Å². The molecule has 0 amide bonds. The first-order valence-electron chi connectivity index (χ1n) is 5.46. The topological polar surface area (TPSA) is 34.1 Å². The molecule has 84 valence electrons. The van der Waals surface area contributed by atoms with Crippen LogP contribution in [0.4, 0.5) is 0 Å². The summed E-state index contributed by atoms with van der Waals surface area (Å²) < 4.78 is 5.45. The van der Waals surface area contributed by atoms with E-state index in [1.165, 1.54) is 0 Å². The minimum atomic E-state index is 0.280. The largest absolute Gasteiger partial charge is 0.377 e. The Bertz CT molecular complexity index is 262. The van der Waals surface area contributed by atoms with Gasteiger partial charge >= 0.3 is 0 Å². The molecule has 3 heteroatoms. The minimum absolute atomic E-state index is 0.280. The summed E-state index contributed by atoms with van der Waals surface area (Å²) in [6.45, 7) is 7.80. The maximum absolute atomic E-state index is 5.45. The van der Waals surface area contributed by atoms with Crippen molar-refractivity contribution in [2.75, 3.05) is 13.2 Å². The van der Waals surface area contributed by atoms with E-state index in [4.69, 9.17) is 4.74 Å². The third-order valence-corrected chi connectivity index (χ3v) is 2.14. The highest BCUT2D eigenvalue weighted by Gasteiger charge is 2.04. The van der Waals surface area contributed by atoms with Crippen LogP contribution in [-0.2, 0) is 4.74 Å². The van der Waals surface area contributed by atoms with Crippen molar-refractivity contribution < 1.29 is 4.74 Å². The second-order valence-electron chi connectivity index (χ2n) is 3.85. The fourth-order valence-corrected chi connectivity index (χ4v) is 1.31. The first kappa shape index (κ1) is 12.1. The molecule has 15 heavy (non-hydrogen) atoms. The molecule has 1 heterocycles. The van der Waals surface area contributed by atoms with Crippen molar-refractivity contribution in [1.82, 2.24) is 10.3 Å². The van der Waals surface area contributed by atoms with Crippen LogP contribution in [0.3, 0.4) is 0 Å². The summed E-state index contributed by atoms with van der Waals surface area (Å²) in [5, 5.41) is 3.37. The van der Waals surface area contributed by atoms with Crippen LogP contribution in [0.15, 0.2) is 24.4 Å². The van der Waals surface area contributed by atoms with Crippen LogP contribution in [0.2, 0.25) is 0 Å². The molecule has 0 aromatic carbocycles. The van der Waals surface area contributed by atoms with E-state index in [1.54, 1.807) is 0 Å². The monoisotopic (exact) mass is 208 g/mol. The number of nitrogens with one attached hydrogen (secondary N) is 1. The number of rotatable bonds is 6. The average molecular weight is 208 g/mol. The van der Waals surface area contributed by atoms with Gasteiger partial charge in [0.2, 0.25) is 0 Å². The molecular weight excluding hydrogens is 188 g/mol. The summed E-state index contributed by atoms with van der Waals surface area (Å²) in [6.07, 6.45) is 2.12. The Kier molecular flexibility index (Phi) is 5.29. The molecule has 0 radical (unpaired) electrons. The van der Waals surface area contributed by atoms with Gasteiger partial charge < -0.3 is 10.1 Å². The van der Waals surface area contributed by atoms with Crippen LogP contribution >= 0.6 is 0 Å². The highest BCUT2D eigenvalue weighted by atomic mass is 16.5. The molecule has 1 aromatic rings. The molecule has 0 fully saturated rings. The molecule has 1 N–H and O–H groups in total. The van der Waals surface area contributed by atoms with Gasteiger partial charge in [-0.3, -0.25) is 4.98 Å². The molecule has 0 unspecified atom stereocenters. The Balaban J connectivity index is 2.22. The van der Waals surface area contributed by atoms with Crippen molar-refractivity contribution in [2.24, 2.45) is 0 Å². The van der Waals surface area contributed by atoms with Gasteiger partial charge in [0.25, 0.3) is 0 Å². The van der Waals surface area contributed by atoms with E-state index in [0.29, 0.717) is 6.10 Å². The SMILES string of the molecule is CC(C)OCCN[C@@H](C)c1ccccn1. The molecule has 0 spiro atoms. The fourth-order valence-electron chi connectivity index (χ4n) is 1.31. The van der Waals surface area contributed by atoms with Gasteiger partial charge in [-0.1, -0.05) is 6.07 Å². The van der Waals surface area contributed by atoms with Crippen molar-refractivity contribution in [3.05, 3.63) is 30.1 Å². The summed E-state index contributed by atoms with van der Waals surface area (Å²) >= 11 is 0. The second kappa shape index (κ2) is 6.53. The lowest BCUT2D eigenvalue weighted by Crippen LogP contribution is -2.24. The first-order valence-corrected chi connectivity index (χ1v) is 5.46. The van der Waals surface area contributed by atoms with Crippen LogP contribution in [0.25, 0.3) is 0 Å². The lowest BCUT2D eigenvalue weighted by atomic mass is 10.2. The Morgan fingerprint density at radius 3 is 2.73 bits per heavy atom. The lowest BCUT2D eigenvalue weighted by Gasteiger charge is -2.14. The highest BCUT2D eigenvalue weighted by Crippen LogP contribution is 2.06. The fraction of sp³-hybridized carbons (Fsp3) is 0.583. The van der Waals surface area contributed by atoms with E-state index in [-0.39, 0.29) is 6.04 Å². The number of aromatic nitrogens is 1. The maximum atomic E-state index is 5.45. The van der Waals surface area contributed by atoms with E-state index >= 15 is 0 Å². The van der Waals surface area contributed by atoms with Crippen molar-refractivity contribution in [1.29, 1.82) is 0 Å². The van der Waals surface area contributed by atoms with E-state index in [0.717, 1.165) is 18.8 Å². The Hall–Kier alpha value is -0.930. The smallest absolute Gasteiger partial charge is 0.0594 e. The van der Waals surface area contributed by atoms with E-state index in [9.17, 15) is 0 Å². The van der Waals surface area contributed by atoms with Crippen LogP contribution in [-0.4, -0.2) is 24.2 Å². The number of hydrogen-bond acceptors (Lipinski definition) is 3. The number of ether oxygens (including phenoxy) is 1. The molecule has 0 saturated heterocycles. The Labute approximate surface area is 91.9 Å². The summed E-state index contributed by atoms with van der Waals surface area (Å²) in [6, 6.07) is 6.24. The van der Waals surface area contributed by atoms with Crippen LogP contribution in [0, 0.1) is 0 Å². The number of pyridine rings is 1. The van der Waals surface area contributed by atoms with Crippen LogP contribution < -0.4 is 5.32 Å². The zero-order chi connectivity index (χ0) is 11.1. The maximum Gasteiger partial charge on any atom is 0.0594 e. The van der Waals surface area contributed by atoms with Gasteiger partial charge in [0.05, 0.1) is 18.4 Å². The molecule has 3 nitrogen and oxygen atoms in total. The second-order valence-corrected chi connectivity index (χ2v) is 3.85. The zero-order valence-electron chi connectivity index (χ0n) is 9.73. The van der Waals surface area contributed by atoms with E-state index < -0.39 is 0 Å². The summed E-state index contributed by atoms with van der Waals surface area (Å²) in [4.78, 5) is 4.29. The molecule has 1 aromatic heterocycles. The van der Waals surface area contributed by atoms with Gasteiger partial charge in [-0.25, -0.2) is 0 Å². The lowest BCUT2D eigenvalue weighted by molar-refractivity contribution is 0.0795. The molecule has 0 bridgehead atoms. The minimum Gasteiger partial charge on any atom is -0.377 e. The summed E-state index contributed by atoms with van der Waals surface area (Å²) in [5.41, 5.74) is 1.07. The van der Waals surface area contributed by atoms with Gasteiger partial charge in [-0.2, -0.15) is 0 Å². The quantitative estimate of drug-likeness (QED) is 0.727. The third kappa shape index (κ3) is 4.91. The molecule has 0 aliphatic heterocycles. The van der Waals surface area contributed by atoms with E-state index in [1.807, 2.05) is 38.2 Å². The number of nitrogens with zero attached hydrogens (tertiary/aromatic N) is 1. The Morgan fingerprint density at radius 2 is 2.13 bits per heavy atom. The van der Waals surface area contributed by atoms with Crippen molar-refractivity contribution in [2.45, 2.75) is 32.9 Å². The molecule has 0 aliphatic rings. The predicted octanol–water partition coefficient (Wildman–Crippen LogP) is 2.16. The van der Waals surface area contributed by atoms with Crippen molar-refractivity contribution >= 4 is 0 Å². The predicted molar refractivity (Wildman–Crippen MR) is 61.7 cm³/mol. The zero-order valence-corrected chi connectivity index (χ0v) is 9.73. The molecule has 0 aliphatic carbocycles. The molecule has 0 saturated carbocycles. The Morgan fingerprint density at radius 1 is 1.33 bits per heavy atom. The van der Waals surface area contributed by atoms with Crippen molar-refractivity contribution in [3.8, 4) is 0 Å². The molecule has 1 rings (SSSR count). The van der Waals surface area contributed by atoms with Gasteiger partial charge in [-0.05, 0) is 32.9 Å². The van der Waals surface area contributed by atoms with Gasteiger partial charge in [0.1, 0.15) is 0 Å². The third-order valence-electron chi connectivity index (χ3n) is 2.14. The van der Waals surface area contributed by atoms with Crippen molar-refractivity contribution in [3.63, 3.8) is 0 Å².